The molecule has 0 bridgehead atoms. The molecule has 26 heavy (non-hydrogen) atoms. The maximum atomic E-state index is 10.6. The van der Waals surface area contributed by atoms with Gasteiger partial charge in [-0.25, -0.2) is 0 Å². The zero-order chi connectivity index (χ0) is 17.7. The van der Waals surface area contributed by atoms with Crippen molar-refractivity contribution in [2.75, 3.05) is 0 Å². The second-order valence-electron chi connectivity index (χ2n) is 6.10. The Balaban J connectivity index is 2.03. The van der Waals surface area contributed by atoms with E-state index in [4.69, 9.17) is 0 Å². The van der Waals surface area contributed by atoms with Gasteiger partial charge < -0.3 is 15.0 Å². The van der Waals surface area contributed by atoms with Crippen molar-refractivity contribution in [1.29, 1.82) is 0 Å². The van der Waals surface area contributed by atoms with Gasteiger partial charge in [0.15, 0.2) is 0 Å². The second kappa shape index (κ2) is 5.64. The van der Waals surface area contributed by atoms with E-state index in [1.807, 2.05) is 18.2 Å². The number of hydrogen-bond acceptors (Lipinski definition) is 1. The van der Waals surface area contributed by atoms with Gasteiger partial charge >= 0.3 is 0 Å². The lowest BCUT2D eigenvalue weighted by Gasteiger charge is -2.13. The second-order valence-corrected chi connectivity index (χ2v) is 7.18. The first-order valence-corrected chi connectivity index (χ1v) is 9.16. The van der Waals surface area contributed by atoms with Crippen LogP contribution in [0.15, 0.2) is 78.3 Å². The van der Waals surface area contributed by atoms with Crippen LogP contribution in [0.25, 0.3) is 47.4 Å². The third kappa shape index (κ3) is 1.99. The summed E-state index contributed by atoms with van der Waals surface area (Å²) in [5.41, 5.74) is 1.88. The first kappa shape index (κ1) is 15.0. The Morgan fingerprint density at radius 2 is 1.65 bits per heavy atom. The molecule has 3 nitrogen and oxygen atoms in total. The van der Waals surface area contributed by atoms with Crippen molar-refractivity contribution < 1.29 is 0 Å². The van der Waals surface area contributed by atoms with Crippen molar-refractivity contribution >= 4 is 65.5 Å². The third-order valence-corrected chi connectivity index (χ3v) is 5.81. The smallest absolute Gasteiger partial charge is 0.0362 e. The van der Waals surface area contributed by atoms with Crippen LogP contribution >= 0.6 is 11.3 Å². The number of rotatable bonds is 1. The highest BCUT2D eigenvalue weighted by atomic mass is 32.1. The molecule has 0 spiro atoms. The van der Waals surface area contributed by atoms with Crippen molar-refractivity contribution in [3.05, 3.63) is 78.7 Å². The first-order valence-electron chi connectivity index (χ1n) is 8.34. The number of benzene rings is 3. The number of para-hydroxylation sites is 1. The van der Waals surface area contributed by atoms with Crippen LogP contribution in [0.3, 0.4) is 0 Å². The largest absolute Gasteiger partial charge is 0.367 e. The monoisotopic (exact) mass is 352 g/mol. The van der Waals surface area contributed by atoms with E-state index >= 15 is 0 Å². The highest BCUT2D eigenvalue weighted by molar-refractivity contribution is 7.26. The lowest BCUT2D eigenvalue weighted by molar-refractivity contribution is 1.27. The summed E-state index contributed by atoms with van der Waals surface area (Å²) in [6, 6.07) is 20.8. The third-order valence-electron chi connectivity index (χ3n) is 4.67. The number of aliphatic imine (C=N–C) groups is 1. The van der Waals surface area contributed by atoms with Gasteiger partial charge in [-0.05, 0) is 34.8 Å². The van der Waals surface area contributed by atoms with Crippen molar-refractivity contribution in [3.8, 4) is 0 Å². The minimum absolute atomic E-state index is 0.0602. The normalized spacial score (nSPS) is 12.0. The zero-order valence-electron chi connectivity index (χ0n) is 13.9. The van der Waals surface area contributed by atoms with Gasteiger partial charge in [-0.15, -0.1) is 11.3 Å². The number of aromatic nitrogens is 1. The van der Waals surface area contributed by atoms with E-state index < -0.39 is 0 Å². The maximum absolute atomic E-state index is 10.6. The van der Waals surface area contributed by atoms with Crippen molar-refractivity contribution in [2.45, 2.75) is 0 Å². The topological polar surface area (TPSA) is 39.6 Å². The molecule has 124 valence electrons. The van der Waals surface area contributed by atoms with Gasteiger partial charge in [0.05, 0.1) is 0 Å². The molecule has 5 rings (SSSR count). The average Bonchev–Trinajstić information content (AvgIpc) is 3.21. The van der Waals surface area contributed by atoms with Gasteiger partial charge in [0.25, 0.3) is 0 Å². The van der Waals surface area contributed by atoms with E-state index in [1.54, 1.807) is 22.0 Å². The molecule has 0 saturated carbocycles. The molecule has 0 aliphatic carbocycles. The van der Waals surface area contributed by atoms with Crippen LogP contribution < -0.4 is 0 Å². The van der Waals surface area contributed by atoms with Gasteiger partial charge in [-0.2, -0.15) is 0 Å². The summed E-state index contributed by atoms with van der Waals surface area (Å²) in [5, 5.41) is 15.3. The highest BCUT2D eigenvalue weighted by Gasteiger charge is 2.14. The Labute approximate surface area is 154 Å². The molecule has 0 unspecified atom stereocenters. The van der Waals surface area contributed by atoms with E-state index in [0.717, 1.165) is 21.8 Å². The van der Waals surface area contributed by atoms with Gasteiger partial charge in [0, 0.05) is 31.5 Å². The molecular weight excluding hydrogens is 338 g/mol. The lowest BCUT2D eigenvalue weighted by atomic mass is 10.1. The molecule has 2 heterocycles. The molecule has 4 heteroatoms. The van der Waals surface area contributed by atoms with Crippen LogP contribution in [0, 0.1) is 0 Å². The first-order chi connectivity index (χ1) is 12.8. The number of fused-ring (bicyclic) bond motifs is 7. The Morgan fingerprint density at radius 1 is 0.885 bits per heavy atom. The summed E-state index contributed by atoms with van der Waals surface area (Å²) in [4.78, 5) is 4.11. The highest BCUT2D eigenvalue weighted by Crippen LogP contribution is 2.42. The molecule has 3 aromatic carbocycles. The van der Waals surface area contributed by atoms with Gasteiger partial charge in [-0.1, -0.05) is 61.2 Å². The molecule has 0 radical (unpaired) electrons. The van der Waals surface area contributed by atoms with E-state index in [9.17, 15) is 5.41 Å². The van der Waals surface area contributed by atoms with Crippen LogP contribution in [0.5, 0.6) is 0 Å². The summed E-state index contributed by atoms with van der Waals surface area (Å²) >= 11 is 1.80. The Bertz CT molecular complexity index is 1370. The number of allylic oxidation sites excluding steroid dienone is 1. The van der Waals surface area contributed by atoms with Crippen LogP contribution in [0.2, 0.25) is 0 Å². The lowest BCUT2D eigenvalue weighted by Crippen LogP contribution is -2.06. The summed E-state index contributed by atoms with van der Waals surface area (Å²) in [7, 11) is 0. The minimum atomic E-state index is -0.0602. The number of thiophene rings is 1. The maximum Gasteiger partial charge on any atom is 0.0362 e. The van der Waals surface area contributed by atoms with Crippen molar-refractivity contribution in [2.24, 2.45) is 4.99 Å². The van der Waals surface area contributed by atoms with Gasteiger partial charge in [0.2, 0.25) is 0 Å². The van der Waals surface area contributed by atoms with E-state index in [2.05, 4.69) is 54.0 Å². The fourth-order valence-corrected chi connectivity index (χ4v) is 4.78. The molecule has 0 aliphatic rings. The molecule has 0 amide bonds. The predicted molar refractivity (Wildman–Crippen MR) is 115 cm³/mol. The van der Waals surface area contributed by atoms with Gasteiger partial charge in [-0.3, -0.25) is 0 Å². The fourth-order valence-electron chi connectivity index (χ4n) is 3.67. The fraction of sp³-hybridized carbons (Fsp3) is 0. The predicted octanol–water partition coefficient (Wildman–Crippen LogP) is 6.19. The van der Waals surface area contributed by atoms with Crippen LogP contribution in [0.4, 0.5) is 0 Å². The summed E-state index contributed by atoms with van der Waals surface area (Å²) in [5.74, 6) is -0.0602. The molecular formula is C22H14N3S-. The number of hydrogen-bond donors (Lipinski definition) is 0. The van der Waals surface area contributed by atoms with E-state index in [0.29, 0.717) is 0 Å². The van der Waals surface area contributed by atoms with Gasteiger partial charge in [0.1, 0.15) is 0 Å². The van der Waals surface area contributed by atoms with Crippen LogP contribution in [-0.4, -0.2) is 16.7 Å². The van der Waals surface area contributed by atoms with Crippen molar-refractivity contribution in [1.82, 2.24) is 4.57 Å². The molecule has 0 aliphatic heterocycles. The van der Waals surface area contributed by atoms with Crippen LogP contribution in [0.1, 0.15) is 0 Å². The molecule has 0 atom stereocenters. The quantitative estimate of drug-likeness (QED) is 0.255. The summed E-state index contributed by atoms with van der Waals surface area (Å²) in [6.07, 6.45) is 3.04. The van der Waals surface area contributed by atoms with Crippen LogP contribution in [-0.2, 0) is 0 Å². The SMILES string of the molecule is C=CC=NC(=[N-])n1c2ccccc2c2c3c(ccc21)sc1ccccc13. The molecule has 0 fully saturated rings. The molecule has 0 N–H and O–H groups in total. The number of nitrogens with zero attached hydrogens (tertiary/aromatic N) is 3. The molecule has 5 aromatic rings. The van der Waals surface area contributed by atoms with Crippen molar-refractivity contribution in [3.63, 3.8) is 0 Å². The minimum Gasteiger partial charge on any atom is -0.367 e. The Morgan fingerprint density at radius 3 is 2.50 bits per heavy atom. The molecule has 2 aromatic heterocycles. The zero-order valence-corrected chi connectivity index (χ0v) is 14.7. The van der Waals surface area contributed by atoms with E-state index in [-0.39, 0.29) is 5.96 Å². The summed E-state index contributed by atoms with van der Waals surface area (Å²) < 4.78 is 4.32. The average molecular weight is 352 g/mol. The molecule has 0 saturated heterocycles. The Kier molecular flexibility index (Phi) is 3.27. The Hall–Kier alpha value is -3.24. The van der Waals surface area contributed by atoms with E-state index in [1.165, 1.54) is 26.4 Å². The standard InChI is InChI=1S/C22H14N3S/c1-2-13-24-22(23)25-16-9-5-3-7-14(16)20-17(25)11-12-19-21(20)15-8-4-6-10-18(15)26-19/h2-13H,1H2/q-1. The summed E-state index contributed by atoms with van der Waals surface area (Å²) in [6.45, 7) is 3.63.